The highest BCUT2D eigenvalue weighted by Gasteiger charge is 2.21. The molecule has 0 atom stereocenters. The quantitative estimate of drug-likeness (QED) is 0.402. The van der Waals surface area contributed by atoms with E-state index >= 15 is 0 Å². The van der Waals surface area contributed by atoms with E-state index < -0.39 is 0 Å². The number of fused-ring (bicyclic) bond motifs is 1. The molecule has 0 saturated heterocycles. The minimum Gasteiger partial charge on any atom is -0.497 e. The molecule has 3 aromatic rings. The zero-order chi connectivity index (χ0) is 23.2. The van der Waals surface area contributed by atoms with Crippen LogP contribution in [0.5, 0.6) is 11.5 Å². The third kappa shape index (κ3) is 5.36. The van der Waals surface area contributed by atoms with Gasteiger partial charge in [0.1, 0.15) is 16.5 Å². The van der Waals surface area contributed by atoms with Crippen LogP contribution < -0.4 is 20.5 Å². The number of rotatable bonds is 8. The van der Waals surface area contributed by atoms with E-state index in [9.17, 15) is 9.59 Å². The number of thioether (sulfide) groups is 1. The SMILES string of the molecule is COc1ccc(OC)c(NC(=O)CSc2nc(=O)n(Cc3ccccn3)c3c2CCCC3)c1. The predicted molar refractivity (Wildman–Crippen MR) is 127 cm³/mol. The highest BCUT2D eigenvalue weighted by Crippen LogP contribution is 2.31. The van der Waals surface area contributed by atoms with Gasteiger partial charge in [-0.2, -0.15) is 4.98 Å². The zero-order valence-electron chi connectivity index (χ0n) is 18.7. The molecule has 0 aliphatic heterocycles. The summed E-state index contributed by atoms with van der Waals surface area (Å²) in [4.78, 5) is 34.2. The molecule has 33 heavy (non-hydrogen) atoms. The second-order valence-electron chi connectivity index (χ2n) is 7.64. The molecule has 1 aromatic carbocycles. The van der Waals surface area contributed by atoms with Gasteiger partial charge in [-0.1, -0.05) is 17.8 Å². The first-order chi connectivity index (χ1) is 16.1. The fourth-order valence-corrected chi connectivity index (χ4v) is 4.79. The van der Waals surface area contributed by atoms with Gasteiger partial charge in [0, 0.05) is 23.5 Å². The molecule has 9 heteroatoms. The van der Waals surface area contributed by atoms with Gasteiger partial charge in [-0.3, -0.25) is 14.3 Å². The third-order valence-electron chi connectivity index (χ3n) is 5.52. The minimum atomic E-state index is -0.307. The number of amides is 1. The smallest absolute Gasteiger partial charge is 0.349 e. The number of hydrogen-bond donors (Lipinski definition) is 1. The minimum absolute atomic E-state index is 0.128. The van der Waals surface area contributed by atoms with Gasteiger partial charge in [0.05, 0.1) is 37.9 Å². The van der Waals surface area contributed by atoms with Crippen LogP contribution in [0.15, 0.2) is 52.4 Å². The summed E-state index contributed by atoms with van der Waals surface area (Å²) in [6, 6.07) is 10.9. The second kappa shape index (κ2) is 10.5. The van der Waals surface area contributed by atoms with E-state index in [-0.39, 0.29) is 17.3 Å². The largest absolute Gasteiger partial charge is 0.497 e. The molecule has 0 spiro atoms. The lowest BCUT2D eigenvalue weighted by Gasteiger charge is -2.22. The Morgan fingerprint density at radius 2 is 2.00 bits per heavy atom. The van der Waals surface area contributed by atoms with Crippen LogP contribution in [0.2, 0.25) is 0 Å². The number of benzene rings is 1. The molecule has 0 saturated carbocycles. The summed E-state index contributed by atoms with van der Waals surface area (Å²) in [7, 11) is 3.11. The summed E-state index contributed by atoms with van der Waals surface area (Å²) in [5, 5.41) is 3.50. The third-order valence-corrected chi connectivity index (χ3v) is 6.54. The summed E-state index contributed by atoms with van der Waals surface area (Å²) in [5.74, 6) is 1.08. The molecule has 0 radical (unpaired) electrons. The molecule has 4 rings (SSSR count). The predicted octanol–water partition coefficient (Wildman–Crippen LogP) is 3.31. The lowest BCUT2D eigenvalue weighted by atomic mass is 9.97. The number of carbonyl (C=O) groups excluding carboxylic acids is 1. The summed E-state index contributed by atoms with van der Waals surface area (Å²) in [5.41, 5.74) is 3.11. The fourth-order valence-electron chi connectivity index (χ4n) is 3.92. The van der Waals surface area contributed by atoms with Crippen molar-refractivity contribution >= 4 is 23.4 Å². The normalized spacial score (nSPS) is 12.7. The average molecular weight is 467 g/mol. The standard InChI is InChI=1S/C24H26N4O4S/c1-31-17-10-11-21(32-2)19(13-17)26-22(29)15-33-23-18-8-3-4-9-20(18)28(24(30)27-23)14-16-7-5-6-12-25-16/h5-7,10-13H,3-4,8-9,14-15H2,1-2H3,(H,26,29). The van der Waals surface area contributed by atoms with Crippen molar-refractivity contribution in [3.05, 3.63) is 70.0 Å². The van der Waals surface area contributed by atoms with Gasteiger partial charge in [0.2, 0.25) is 5.91 Å². The molecular formula is C24H26N4O4S. The number of anilines is 1. The first-order valence-corrected chi connectivity index (χ1v) is 11.7. The summed E-state index contributed by atoms with van der Waals surface area (Å²) < 4.78 is 12.3. The number of hydrogen-bond acceptors (Lipinski definition) is 7. The number of pyridine rings is 1. The summed E-state index contributed by atoms with van der Waals surface area (Å²) in [6.07, 6.45) is 5.45. The second-order valence-corrected chi connectivity index (χ2v) is 8.61. The van der Waals surface area contributed by atoms with Crippen LogP contribution in [-0.2, 0) is 24.2 Å². The first-order valence-electron chi connectivity index (χ1n) is 10.8. The Morgan fingerprint density at radius 1 is 1.15 bits per heavy atom. The lowest BCUT2D eigenvalue weighted by Crippen LogP contribution is -2.31. The number of aromatic nitrogens is 3. The lowest BCUT2D eigenvalue weighted by molar-refractivity contribution is -0.113. The Hall–Kier alpha value is -3.33. The van der Waals surface area contributed by atoms with Crippen LogP contribution >= 0.6 is 11.8 Å². The van der Waals surface area contributed by atoms with Crippen molar-refractivity contribution < 1.29 is 14.3 Å². The van der Waals surface area contributed by atoms with E-state index in [0.29, 0.717) is 28.8 Å². The van der Waals surface area contributed by atoms with E-state index in [0.717, 1.165) is 42.6 Å². The van der Waals surface area contributed by atoms with E-state index in [1.165, 1.54) is 11.8 Å². The number of carbonyl (C=O) groups is 1. The van der Waals surface area contributed by atoms with E-state index in [1.54, 1.807) is 43.2 Å². The molecular weight excluding hydrogens is 440 g/mol. The Balaban J connectivity index is 1.52. The van der Waals surface area contributed by atoms with Crippen LogP contribution in [0.3, 0.4) is 0 Å². The molecule has 1 N–H and O–H groups in total. The van der Waals surface area contributed by atoms with Crippen molar-refractivity contribution in [2.75, 3.05) is 25.3 Å². The van der Waals surface area contributed by atoms with Gasteiger partial charge in [-0.05, 0) is 49.9 Å². The summed E-state index contributed by atoms with van der Waals surface area (Å²) in [6.45, 7) is 0.399. The first kappa shape index (κ1) is 22.8. The highest BCUT2D eigenvalue weighted by atomic mass is 32.2. The molecule has 172 valence electrons. The Morgan fingerprint density at radius 3 is 2.76 bits per heavy atom. The monoisotopic (exact) mass is 466 g/mol. The Kier molecular flexibility index (Phi) is 7.29. The average Bonchev–Trinajstić information content (AvgIpc) is 2.85. The van der Waals surface area contributed by atoms with Crippen molar-refractivity contribution in [1.82, 2.24) is 14.5 Å². The van der Waals surface area contributed by atoms with Gasteiger partial charge >= 0.3 is 5.69 Å². The topological polar surface area (TPSA) is 95.3 Å². The van der Waals surface area contributed by atoms with Gasteiger partial charge in [-0.25, -0.2) is 4.79 Å². The van der Waals surface area contributed by atoms with Crippen molar-refractivity contribution in [2.45, 2.75) is 37.3 Å². The molecule has 0 fully saturated rings. The van der Waals surface area contributed by atoms with Crippen LogP contribution in [-0.4, -0.2) is 40.4 Å². The van der Waals surface area contributed by atoms with Crippen LogP contribution in [0.25, 0.3) is 0 Å². The van der Waals surface area contributed by atoms with Gasteiger partial charge in [0.25, 0.3) is 0 Å². The summed E-state index contributed by atoms with van der Waals surface area (Å²) >= 11 is 1.29. The maximum absolute atomic E-state index is 12.9. The molecule has 8 nitrogen and oxygen atoms in total. The van der Waals surface area contributed by atoms with E-state index in [1.807, 2.05) is 18.2 Å². The maximum Gasteiger partial charge on any atom is 0.349 e. The van der Waals surface area contributed by atoms with E-state index in [4.69, 9.17) is 9.47 Å². The van der Waals surface area contributed by atoms with Crippen LogP contribution in [0.4, 0.5) is 5.69 Å². The van der Waals surface area contributed by atoms with Gasteiger partial charge < -0.3 is 14.8 Å². The molecule has 1 aliphatic carbocycles. The number of nitrogens with zero attached hydrogens (tertiary/aromatic N) is 3. The molecule has 0 unspecified atom stereocenters. The number of ether oxygens (including phenoxy) is 2. The molecule has 1 aliphatic rings. The van der Waals surface area contributed by atoms with Crippen LogP contribution in [0, 0.1) is 0 Å². The molecule has 0 bridgehead atoms. The van der Waals surface area contributed by atoms with Crippen LogP contribution in [0.1, 0.15) is 29.8 Å². The van der Waals surface area contributed by atoms with Crippen molar-refractivity contribution in [3.8, 4) is 11.5 Å². The number of methoxy groups -OCH3 is 2. The molecule has 2 aromatic heterocycles. The Labute approximate surface area is 196 Å². The van der Waals surface area contributed by atoms with E-state index in [2.05, 4.69) is 15.3 Å². The van der Waals surface area contributed by atoms with Gasteiger partial charge in [-0.15, -0.1) is 0 Å². The van der Waals surface area contributed by atoms with Crippen molar-refractivity contribution in [3.63, 3.8) is 0 Å². The number of nitrogens with one attached hydrogen (secondary N) is 1. The van der Waals surface area contributed by atoms with Crippen molar-refractivity contribution in [1.29, 1.82) is 0 Å². The molecule has 1 amide bonds. The zero-order valence-corrected chi connectivity index (χ0v) is 19.5. The van der Waals surface area contributed by atoms with Crippen molar-refractivity contribution in [2.24, 2.45) is 0 Å². The maximum atomic E-state index is 12.9. The Bertz CT molecular complexity index is 1200. The van der Waals surface area contributed by atoms with Gasteiger partial charge in [0.15, 0.2) is 0 Å². The molecule has 2 heterocycles. The highest BCUT2D eigenvalue weighted by molar-refractivity contribution is 8.00. The fraction of sp³-hybridized carbons (Fsp3) is 0.333.